The average Bonchev–Trinajstić information content (AvgIpc) is 2.59. The molecule has 2 N–H and O–H groups in total. The van der Waals surface area contributed by atoms with Gasteiger partial charge in [0, 0.05) is 12.6 Å². The lowest BCUT2D eigenvalue weighted by Crippen LogP contribution is -2.40. The number of carbonyl (C=O) groups is 2. The van der Waals surface area contributed by atoms with Gasteiger partial charge in [0.1, 0.15) is 6.54 Å². The van der Waals surface area contributed by atoms with Crippen molar-refractivity contribution in [1.82, 2.24) is 10.3 Å². The Morgan fingerprint density at radius 3 is 2.36 bits per heavy atom. The first-order valence-corrected chi connectivity index (χ1v) is 7.30. The SMILES string of the molecule is CN(CC(=O)NNc1cccc(C(F)(F)F)c1)C(=O)c1ccccc1. The van der Waals surface area contributed by atoms with Crippen LogP contribution in [0.2, 0.25) is 0 Å². The maximum atomic E-state index is 12.6. The molecule has 25 heavy (non-hydrogen) atoms. The van der Waals surface area contributed by atoms with Crippen LogP contribution in [0.3, 0.4) is 0 Å². The van der Waals surface area contributed by atoms with Gasteiger partial charge in [-0.1, -0.05) is 24.3 Å². The summed E-state index contributed by atoms with van der Waals surface area (Å²) in [6, 6.07) is 12.8. The third-order valence-electron chi connectivity index (χ3n) is 3.28. The van der Waals surface area contributed by atoms with E-state index in [-0.39, 0.29) is 18.1 Å². The third kappa shape index (κ3) is 5.23. The van der Waals surface area contributed by atoms with Gasteiger partial charge >= 0.3 is 6.18 Å². The molecule has 8 heteroatoms. The minimum Gasteiger partial charge on any atom is -0.332 e. The normalized spacial score (nSPS) is 10.9. The van der Waals surface area contributed by atoms with Crippen molar-refractivity contribution in [2.24, 2.45) is 0 Å². The zero-order valence-corrected chi connectivity index (χ0v) is 13.3. The summed E-state index contributed by atoms with van der Waals surface area (Å²) in [5.74, 6) is -0.904. The number of nitrogens with zero attached hydrogens (tertiary/aromatic N) is 1. The van der Waals surface area contributed by atoms with Crippen molar-refractivity contribution in [3.8, 4) is 0 Å². The molecule has 132 valence electrons. The molecule has 0 aliphatic heterocycles. The zero-order valence-electron chi connectivity index (χ0n) is 13.3. The van der Waals surface area contributed by atoms with Crippen LogP contribution in [0.15, 0.2) is 54.6 Å². The molecule has 2 rings (SSSR count). The molecule has 0 radical (unpaired) electrons. The molecule has 0 aliphatic rings. The van der Waals surface area contributed by atoms with Gasteiger partial charge in [0.15, 0.2) is 0 Å². The second kappa shape index (κ2) is 7.69. The van der Waals surface area contributed by atoms with Crippen molar-refractivity contribution in [2.75, 3.05) is 19.0 Å². The minimum absolute atomic E-state index is 0.0835. The molecule has 2 amide bonds. The van der Waals surface area contributed by atoms with Crippen LogP contribution in [0.4, 0.5) is 18.9 Å². The van der Waals surface area contributed by atoms with Gasteiger partial charge < -0.3 is 4.90 Å². The van der Waals surface area contributed by atoms with Crippen LogP contribution >= 0.6 is 0 Å². The smallest absolute Gasteiger partial charge is 0.332 e. The van der Waals surface area contributed by atoms with Gasteiger partial charge in [-0.25, -0.2) is 0 Å². The Labute approximate surface area is 142 Å². The lowest BCUT2D eigenvalue weighted by Gasteiger charge is -2.17. The molecule has 0 unspecified atom stereocenters. The Kier molecular flexibility index (Phi) is 5.63. The van der Waals surface area contributed by atoms with Crippen LogP contribution in [0.1, 0.15) is 15.9 Å². The highest BCUT2D eigenvalue weighted by molar-refractivity contribution is 5.96. The summed E-state index contributed by atoms with van der Waals surface area (Å²) in [5, 5.41) is 0. The van der Waals surface area contributed by atoms with Crippen molar-refractivity contribution in [3.05, 3.63) is 65.7 Å². The number of nitrogens with one attached hydrogen (secondary N) is 2. The first-order chi connectivity index (χ1) is 11.8. The van der Waals surface area contributed by atoms with Crippen LogP contribution in [0.5, 0.6) is 0 Å². The Hall–Kier alpha value is -3.03. The van der Waals surface area contributed by atoms with Crippen molar-refractivity contribution < 1.29 is 22.8 Å². The number of alkyl halides is 3. The largest absolute Gasteiger partial charge is 0.416 e. The van der Waals surface area contributed by atoms with Crippen molar-refractivity contribution in [2.45, 2.75) is 6.18 Å². The quantitative estimate of drug-likeness (QED) is 0.815. The number of likely N-dealkylation sites (N-methyl/N-ethyl adjacent to an activating group) is 1. The second-order valence-corrected chi connectivity index (χ2v) is 5.28. The number of carbonyl (C=O) groups excluding carboxylic acids is 2. The number of rotatable bonds is 5. The van der Waals surface area contributed by atoms with E-state index in [1.807, 2.05) is 0 Å². The predicted octanol–water partition coefficient (Wildman–Crippen LogP) is 2.92. The fourth-order valence-electron chi connectivity index (χ4n) is 2.04. The summed E-state index contributed by atoms with van der Waals surface area (Å²) < 4.78 is 37.9. The molecule has 0 fully saturated rings. The second-order valence-electron chi connectivity index (χ2n) is 5.28. The molecule has 0 aromatic heterocycles. The Morgan fingerprint density at radius 2 is 1.72 bits per heavy atom. The molecule has 5 nitrogen and oxygen atoms in total. The first kappa shape index (κ1) is 18.3. The Morgan fingerprint density at radius 1 is 1.04 bits per heavy atom. The van der Waals surface area contributed by atoms with Crippen LogP contribution in [-0.4, -0.2) is 30.3 Å². The molecular weight excluding hydrogens is 335 g/mol. The van der Waals surface area contributed by atoms with E-state index < -0.39 is 17.6 Å². The summed E-state index contributed by atoms with van der Waals surface area (Å²) >= 11 is 0. The monoisotopic (exact) mass is 351 g/mol. The first-order valence-electron chi connectivity index (χ1n) is 7.30. The summed E-state index contributed by atoms with van der Waals surface area (Å²) in [6.45, 7) is -0.250. The Balaban J connectivity index is 1.89. The number of hydrogen-bond donors (Lipinski definition) is 2. The maximum absolute atomic E-state index is 12.6. The predicted molar refractivity (Wildman–Crippen MR) is 86.6 cm³/mol. The number of hydrazine groups is 1. The van der Waals surface area contributed by atoms with Gasteiger partial charge in [-0.05, 0) is 30.3 Å². The molecule has 2 aromatic carbocycles. The summed E-state index contributed by atoms with van der Waals surface area (Å²) in [5.41, 5.74) is 4.36. The number of hydrogen-bond acceptors (Lipinski definition) is 3. The maximum Gasteiger partial charge on any atom is 0.416 e. The topological polar surface area (TPSA) is 61.4 Å². The molecule has 0 saturated heterocycles. The van der Waals surface area contributed by atoms with E-state index in [0.717, 1.165) is 12.1 Å². The zero-order chi connectivity index (χ0) is 18.4. The molecular formula is C17H16F3N3O2. The van der Waals surface area contributed by atoms with E-state index in [0.29, 0.717) is 5.56 Å². The summed E-state index contributed by atoms with van der Waals surface area (Å²) in [7, 11) is 1.46. The number of benzene rings is 2. The fourth-order valence-corrected chi connectivity index (χ4v) is 2.04. The number of anilines is 1. The third-order valence-corrected chi connectivity index (χ3v) is 3.28. The lowest BCUT2D eigenvalue weighted by atomic mass is 10.2. The van der Waals surface area contributed by atoms with Crippen LogP contribution < -0.4 is 10.9 Å². The highest BCUT2D eigenvalue weighted by atomic mass is 19.4. The molecule has 0 bridgehead atoms. The van der Waals surface area contributed by atoms with Gasteiger partial charge in [-0.2, -0.15) is 13.2 Å². The van der Waals surface area contributed by atoms with Crippen LogP contribution in [0.25, 0.3) is 0 Å². The van der Waals surface area contributed by atoms with Crippen LogP contribution in [0, 0.1) is 0 Å². The summed E-state index contributed by atoms with van der Waals surface area (Å²) in [6.07, 6.45) is -4.47. The van der Waals surface area contributed by atoms with E-state index in [1.54, 1.807) is 30.3 Å². The van der Waals surface area contributed by atoms with E-state index in [1.165, 1.54) is 24.1 Å². The van der Waals surface area contributed by atoms with E-state index in [2.05, 4.69) is 10.9 Å². The molecule has 0 spiro atoms. The number of amides is 2. The Bertz CT molecular complexity index is 748. The summed E-state index contributed by atoms with van der Waals surface area (Å²) in [4.78, 5) is 25.2. The molecule has 2 aromatic rings. The van der Waals surface area contributed by atoms with Crippen molar-refractivity contribution in [3.63, 3.8) is 0 Å². The van der Waals surface area contributed by atoms with Gasteiger partial charge in [0.25, 0.3) is 11.8 Å². The minimum atomic E-state index is -4.47. The standard InChI is InChI=1S/C17H16F3N3O2/c1-23(16(25)12-6-3-2-4-7-12)11-15(24)22-21-14-9-5-8-13(10-14)17(18,19)20/h2-10,21H,11H2,1H3,(H,22,24). The van der Waals surface area contributed by atoms with Crippen LogP contribution in [-0.2, 0) is 11.0 Å². The van der Waals surface area contributed by atoms with Crippen molar-refractivity contribution in [1.29, 1.82) is 0 Å². The number of halogens is 3. The highest BCUT2D eigenvalue weighted by Crippen LogP contribution is 2.30. The fraction of sp³-hybridized carbons (Fsp3) is 0.176. The van der Waals surface area contributed by atoms with E-state index in [9.17, 15) is 22.8 Å². The van der Waals surface area contributed by atoms with E-state index >= 15 is 0 Å². The molecule has 0 aliphatic carbocycles. The molecule has 0 atom stereocenters. The van der Waals surface area contributed by atoms with E-state index in [4.69, 9.17) is 0 Å². The van der Waals surface area contributed by atoms with Gasteiger partial charge in [-0.3, -0.25) is 20.4 Å². The van der Waals surface area contributed by atoms with Gasteiger partial charge in [0.2, 0.25) is 0 Å². The average molecular weight is 351 g/mol. The lowest BCUT2D eigenvalue weighted by molar-refractivity contribution is -0.137. The van der Waals surface area contributed by atoms with Gasteiger partial charge in [0.05, 0.1) is 11.3 Å². The molecule has 0 heterocycles. The van der Waals surface area contributed by atoms with Crippen molar-refractivity contribution >= 4 is 17.5 Å². The highest BCUT2D eigenvalue weighted by Gasteiger charge is 2.30. The van der Waals surface area contributed by atoms with Gasteiger partial charge in [-0.15, -0.1) is 0 Å². The molecule has 0 saturated carbocycles.